The molecule has 3 nitrogen and oxygen atoms in total. The van der Waals surface area contributed by atoms with Gasteiger partial charge in [0.25, 0.3) is 0 Å². The molecule has 0 saturated heterocycles. The molecule has 0 N–H and O–H groups in total. The minimum Gasteiger partial charge on any atom is -0.341 e. The minimum atomic E-state index is 0.0876. The summed E-state index contributed by atoms with van der Waals surface area (Å²) in [6, 6.07) is 0. The standard InChI is InChI=1S/C6H11NO2/c1-3-6(9)4-7(2)5-8/h5H,3-4H2,1-2H3. The summed E-state index contributed by atoms with van der Waals surface area (Å²) in [4.78, 5) is 21.8. The van der Waals surface area contributed by atoms with Gasteiger partial charge in [0.05, 0.1) is 6.54 Å². The van der Waals surface area contributed by atoms with Crippen LogP contribution in [0.2, 0.25) is 0 Å². The van der Waals surface area contributed by atoms with Gasteiger partial charge in [0.1, 0.15) is 0 Å². The molecule has 0 aromatic carbocycles. The molecule has 0 aliphatic carbocycles. The Balaban J connectivity index is 3.46. The molecule has 0 bridgehead atoms. The van der Waals surface area contributed by atoms with Gasteiger partial charge in [-0.15, -0.1) is 0 Å². The maximum Gasteiger partial charge on any atom is 0.209 e. The van der Waals surface area contributed by atoms with E-state index in [0.717, 1.165) is 0 Å². The SMILES string of the molecule is CCC(=O)CN(C)C=O. The highest BCUT2D eigenvalue weighted by molar-refractivity contribution is 5.81. The third kappa shape index (κ3) is 3.70. The van der Waals surface area contributed by atoms with Crippen LogP contribution in [0.3, 0.4) is 0 Å². The van der Waals surface area contributed by atoms with Crippen LogP contribution in [-0.4, -0.2) is 30.7 Å². The average Bonchev–Trinajstić information content (AvgIpc) is 1.87. The van der Waals surface area contributed by atoms with Crippen LogP contribution in [-0.2, 0) is 9.59 Å². The van der Waals surface area contributed by atoms with Crippen LogP contribution in [0.1, 0.15) is 13.3 Å². The van der Waals surface area contributed by atoms with Gasteiger partial charge in [0, 0.05) is 13.5 Å². The van der Waals surface area contributed by atoms with Gasteiger partial charge < -0.3 is 4.90 Å². The zero-order chi connectivity index (χ0) is 7.28. The number of hydrogen-bond acceptors (Lipinski definition) is 2. The third-order valence-corrected chi connectivity index (χ3v) is 1.00. The predicted molar refractivity (Wildman–Crippen MR) is 34.0 cm³/mol. The molecule has 52 valence electrons. The molecule has 0 atom stereocenters. The number of rotatable bonds is 4. The van der Waals surface area contributed by atoms with Crippen molar-refractivity contribution >= 4 is 12.2 Å². The van der Waals surface area contributed by atoms with Crippen molar-refractivity contribution in [3.8, 4) is 0 Å². The highest BCUT2D eigenvalue weighted by atomic mass is 16.1. The second-order valence-electron chi connectivity index (χ2n) is 1.91. The van der Waals surface area contributed by atoms with Crippen molar-refractivity contribution in [2.45, 2.75) is 13.3 Å². The average molecular weight is 129 g/mol. The summed E-state index contributed by atoms with van der Waals surface area (Å²) in [5.41, 5.74) is 0. The molecule has 9 heavy (non-hydrogen) atoms. The molecule has 0 unspecified atom stereocenters. The summed E-state index contributed by atoms with van der Waals surface area (Å²) in [6.07, 6.45) is 1.14. The van der Waals surface area contributed by atoms with Gasteiger partial charge in [-0.05, 0) is 0 Å². The highest BCUT2D eigenvalue weighted by Gasteiger charge is 1.99. The monoisotopic (exact) mass is 129 g/mol. The second kappa shape index (κ2) is 4.06. The van der Waals surface area contributed by atoms with Crippen LogP contribution in [0, 0.1) is 0 Å². The van der Waals surface area contributed by atoms with Gasteiger partial charge >= 0.3 is 0 Å². The molecular formula is C6H11NO2. The first-order valence-electron chi connectivity index (χ1n) is 2.88. The topological polar surface area (TPSA) is 37.4 Å². The van der Waals surface area contributed by atoms with Crippen molar-refractivity contribution in [3.05, 3.63) is 0 Å². The number of Topliss-reactive ketones (excluding diaryl/α,β-unsaturated/α-hetero) is 1. The van der Waals surface area contributed by atoms with Crippen LogP contribution in [0.25, 0.3) is 0 Å². The van der Waals surface area contributed by atoms with Crippen molar-refractivity contribution in [2.24, 2.45) is 0 Å². The fourth-order valence-electron chi connectivity index (χ4n) is 0.427. The Morgan fingerprint density at radius 2 is 2.22 bits per heavy atom. The van der Waals surface area contributed by atoms with Crippen LogP contribution in [0.5, 0.6) is 0 Å². The lowest BCUT2D eigenvalue weighted by Crippen LogP contribution is -2.23. The largest absolute Gasteiger partial charge is 0.341 e. The molecule has 0 spiro atoms. The number of likely N-dealkylation sites (N-methyl/N-ethyl adjacent to an activating group) is 1. The molecule has 0 rings (SSSR count). The van der Waals surface area contributed by atoms with Crippen LogP contribution >= 0.6 is 0 Å². The van der Waals surface area contributed by atoms with Crippen molar-refractivity contribution in [3.63, 3.8) is 0 Å². The zero-order valence-corrected chi connectivity index (χ0v) is 5.76. The minimum absolute atomic E-state index is 0.0876. The fraction of sp³-hybridized carbons (Fsp3) is 0.667. The van der Waals surface area contributed by atoms with Crippen LogP contribution in [0.4, 0.5) is 0 Å². The normalized spacial score (nSPS) is 8.67. The number of hydrogen-bond donors (Lipinski definition) is 0. The predicted octanol–water partition coefficient (Wildman–Crippen LogP) is 0.0537. The van der Waals surface area contributed by atoms with E-state index in [0.29, 0.717) is 12.8 Å². The highest BCUT2D eigenvalue weighted by Crippen LogP contribution is 1.82. The van der Waals surface area contributed by atoms with Crippen molar-refractivity contribution in [1.82, 2.24) is 4.90 Å². The lowest BCUT2D eigenvalue weighted by molar-refractivity contribution is -0.125. The number of nitrogens with zero attached hydrogens (tertiary/aromatic N) is 1. The molecule has 0 fully saturated rings. The van der Waals surface area contributed by atoms with Gasteiger partial charge in [-0.3, -0.25) is 9.59 Å². The van der Waals surface area contributed by atoms with Crippen molar-refractivity contribution in [2.75, 3.05) is 13.6 Å². The number of amides is 1. The molecule has 0 saturated carbocycles. The smallest absolute Gasteiger partial charge is 0.209 e. The Morgan fingerprint density at radius 1 is 1.67 bits per heavy atom. The molecule has 0 aromatic rings. The van der Waals surface area contributed by atoms with Gasteiger partial charge in [-0.25, -0.2) is 0 Å². The Kier molecular flexibility index (Phi) is 3.67. The van der Waals surface area contributed by atoms with Gasteiger partial charge in [0.15, 0.2) is 5.78 Å². The van der Waals surface area contributed by atoms with E-state index in [2.05, 4.69) is 0 Å². The lowest BCUT2D eigenvalue weighted by atomic mass is 10.3. The number of ketones is 1. The first-order chi connectivity index (χ1) is 4.20. The number of carbonyl (C=O) groups excluding carboxylic acids is 2. The molecule has 0 radical (unpaired) electrons. The van der Waals surface area contributed by atoms with E-state index in [9.17, 15) is 9.59 Å². The third-order valence-electron chi connectivity index (χ3n) is 1.00. The Bertz CT molecular complexity index is 112. The summed E-state index contributed by atoms with van der Waals surface area (Å²) in [7, 11) is 1.58. The van der Waals surface area contributed by atoms with E-state index in [4.69, 9.17) is 0 Å². The van der Waals surface area contributed by atoms with E-state index < -0.39 is 0 Å². The summed E-state index contributed by atoms with van der Waals surface area (Å²) >= 11 is 0. The first-order valence-corrected chi connectivity index (χ1v) is 2.88. The first kappa shape index (κ1) is 8.14. The summed E-state index contributed by atoms with van der Waals surface area (Å²) in [5.74, 6) is 0.0876. The Hall–Kier alpha value is -0.860. The maximum atomic E-state index is 10.6. The summed E-state index contributed by atoms with van der Waals surface area (Å²) in [6.45, 7) is 2.01. The summed E-state index contributed by atoms with van der Waals surface area (Å²) < 4.78 is 0. The molecule has 0 aliphatic heterocycles. The molecular weight excluding hydrogens is 118 g/mol. The lowest BCUT2D eigenvalue weighted by Gasteiger charge is -2.06. The molecule has 3 heteroatoms. The van der Waals surface area contributed by atoms with Gasteiger partial charge in [-0.2, -0.15) is 0 Å². The van der Waals surface area contributed by atoms with E-state index in [-0.39, 0.29) is 12.3 Å². The number of carbonyl (C=O) groups is 2. The van der Waals surface area contributed by atoms with Gasteiger partial charge in [0.2, 0.25) is 6.41 Å². The Morgan fingerprint density at radius 3 is 2.56 bits per heavy atom. The molecule has 0 aromatic heterocycles. The zero-order valence-electron chi connectivity index (χ0n) is 5.76. The maximum absolute atomic E-state index is 10.6. The van der Waals surface area contributed by atoms with E-state index in [1.165, 1.54) is 4.90 Å². The Labute approximate surface area is 54.6 Å². The van der Waals surface area contributed by atoms with Gasteiger partial charge in [-0.1, -0.05) is 6.92 Å². The van der Waals surface area contributed by atoms with Crippen molar-refractivity contribution < 1.29 is 9.59 Å². The second-order valence-corrected chi connectivity index (χ2v) is 1.91. The van der Waals surface area contributed by atoms with Crippen LogP contribution in [0.15, 0.2) is 0 Å². The fourth-order valence-corrected chi connectivity index (χ4v) is 0.427. The van der Waals surface area contributed by atoms with E-state index in [1.54, 1.807) is 14.0 Å². The molecule has 0 aliphatic rings. The summed E-state index contributed by atoms with van der Waals surface area (Å²) in [5, 5.41) is 0. The quantitative estimate of drug-likeness (QED) is 0.503. The van der Waals surface area contributed by atoms with Crippen LogP contribution < -0.4 is 0 Å². The molecule has 1 amide bonds. The van der Waals surface area contributed by atoms with Crippen molar-refractivity contribution in [1.29, 1.82) is 0 Å². The van der Waals surface area contributed by atoms with E-state index >= 15 is 0 Å². The van der Waals surface area contributed by atoms with E-state index in [1.807, 2.05) is 0 Å². The molecule has 0 heterocycles.